The van der Waals surface area contributed by atoms with Crippen LogP contribution < -0.4 is 5.43 Å². The molecular weight excluding hydrogens is 352 g/mol. The molecule has 5 heteroatoms. The van der Waals surface area contributed by atoms with Gasteiger partial charge in [0.15, 0.2) is 0 Å². The van der Waals surface area contributed by atoms with E-state index in [9.17, 15) is 14.4 Å². The normalized spacial score (nSPS) is 28.8. The van der Waals surface area contributed by atoms with Crippen molar-refractivity contribution in [3.63, 3.8) is 0 Å². The highest BCUT2D eigenvalue weighted by molar-refractivity contribution is 6.09. The largest absolute Gasteiger partial charge is 0.272 e. The minimum Gasteiger partial charge on any atom is -0.272 e. The quantitative estimate of drug-likeness (QED) is 0.630. The molecule has 1 aliphatic heterocycles. The molecule has 28 heavy (non-hydrogen) atoms. The van der Waals surface area contributed by atoms with Crippen molar-refractivity contribution in [1.82, 2.24) is 10.4 Å². The standard InChI is InChI=1S/C23H28N2O3/c1-12(2)17-15-10-11-16(17)19-18(15)21(27)25(22(19)28)24-20(26)13-6-8-14(9-7-13)23(3,4)5/h6-9,15-16,18-19H,10-11H2,1-5H3,(H,24,26)/t15-,16-,18+,19+/m0/s1. The molecule has 0 unspecified atom stereocenters. The fourth-order valence-electron chi connectivity index (χ4n) is 5.39. The Morgan fingerprint density at radius 2 is 1.46 bits per heavy atom. The molecule has 3 fully saturated rings. The lowest BCUT2D eigenvalue weighted by atomic mass is 9.81. The zero-order valence-corrected chi connectivity index (χ0v) is 17.2. The van der Waals surface area contributed by atoms with Gasteiger partial charge in [0.2, 0.25) is 0 Å². The Bertz CT molecular complexity index is 855. The Morgan fingerprint density at radius 3 is 1.89 bits per heavy atom. The molecule has 1 aromatic carbocycles. The molecule has 2 bridgehead atoms. The van der Waals surface area contributed by atoms with Gasteiger partial charge in [-0.1, -0.05) is 44.1 Å². The number of nitrogens with zero attached hydrogens (tertiary/aromatic N) is 1. The van der Waals surface area contributed by atoms with Crippen molar-refractivity contribution in [2.45, 2.75) is 52.9 Å². The zero-order chi connectivity index (χ0) is 20.4. The highest BCUT2D eigenvalue weighted by atomic mass is 16.2. The van der Waals surface area contributed by atoms with Crippen molar-refractivity contribution < 1.29 is 14.4 Å². The number of benzene rings is 1. The summed E-state index contributed by atoms with van der Waals surface area (Å²) in [6.45, 7) is 10.5. The molecule has 0 aromatic heterocycles. The highest BCUT2D eigenvalue weighted by Gasteiger charge is 2.63. The van der Waals surface area contributed by atoms with E-state index in [0.29, 0.717) is 5.56 Å². The number of hydrazine groups is 1. The number of allylic oxidation sites excluding steroid dienone is 2. The van der Waals surface area contributed by atoms with E-state index in [4.69, 9.17) is 0 Å². The van der Waals surface area contributed by atoms with Crippen LogP contribution in [0.25, 0.3) is 0 Å². The van der Waals surface area contributed by atoms with Gasteiger partial charge in [-0.15, -0.1) is 0 Å². The van der Waals surface area contributed by atoms with Crippen LogP contribution in [0, 0.1) is 23.7 Å². The molecule has 2 aliphatic carbocycles. The number of nitrogens with one attached hydrogen (secondary N) is 1. The molecule has 4 rings (SSSR count). The van der Waals surface area contributed by atoms with Gasteiger partial charge < -0.3 is 0 Å². The number of imide groups is 1. The minimum atomic E-state index is -0.420. The summed E-state index contributed by atoms with van der Waals surface area (Å²) in [5.74, 6) is -1.22. The second-order valence-corrected chi connectivity index (χ2v) is 9.58. The summed E-state index contributed by atoms with van der Waals surface area (Å²) in [5.41, 5.74) is 6.67. The highest BCUT2D eigenvalue weighted by Crippen LogP contribution is 2.59. The monoisotopic (exact) mass is 380 g/mol. The number of rotatable bonds is 2. The third-order valence-electron chi connectivity index (χ3n) is 6.66. The van der Waals surface area contributed by atoms with E-state index >= 15 is 0 Å². The Balaban J connectivity index is 1.53. The number of hydrogen-bond donors (Lipinski definition) is 1. The summed E-state index contributed by atoms with van der Waals surface area (Å²) in [6.07, 6.45) is 1.92. The predicted octanol–water partition coefficient (Wildman–Crippen LogP) is 3.61. The second-order valence-electron chi connectivity index (χ2n) is 9.58. The molecule has 5 nitrogen and oxygen atoms in total. The number of hydrogen-bond acceptors (Lipinski definition) is 3. The van der Waals surface area contributed by atoms with Crippen molar-refractivity contribution in [3.8, 4) is 0 Å². The first-order valence-electron chi connectivity index (χ1n) is 10.1. The average Bonchev–Trinajstić information content (AvgIpc) is 3.27. The van der Waals surface area contributed by atoms with E-state index in [-0.39, 0.29) is 40.9 Å². The van der Waals surface area contributed by atoms with Crippen LogP contribution in [0.4, 0.5) is 0 Å². The molecule has 1 heterocycles. The second kappa shape index (κ2) is 6.29. The summed E-state index contributed by atoms with van der Waals surface area (Å²) in [6, 6.07) is 7.32. The molecule has 1 aromatic rings. The van der Waals surface area contributed by atoms with Gasteiger partial charge in [0.25, 0.3) is 17.7 Å². The summed E-state index contributed by atoms with van der Waals surface area (Å²) in [4.78, 5) is 38.6. The number of carbonyl (C=O) groups is 3. The average molecular weight is 380 g/mol. The van der Waals surface area contributed by atoms with Crippen LogP contribution in [0.2, 0.25) is 0 Å². The fraction of sp³-hybridized carbons (Fsp3) is 0.522. The molecular formula is C23H28N2O3. The lowest BCUT2D eigenvalue weighted by molar-refractivity contribution is -0.143. The zero-order valence-electron chi connectivity index (χ0n) is 17.2. The first kappa shape index (κ1) is 18.9. The van der Waals surface area contributed by atoms with Gasteiger partial charge in [-0.25, -0.2) is 0 Å². The first-order chi connectivity index (χ1) is 13.1. The van der Waals surface area contributed by atoms with Gasteiger partial charge in [0.1, 0.15) is 0 Å². The van der Waals surface area contributed by atoms with Crippen LogP contribution in [-0.4, -0.2) is 22.7 Å². The summed E-state index contributed by atoms with van der Waals surface area (Å²) >= 11 is 0. The maximum atomic E-state index is 13.0. The van der Waals surface area contributed by atoms with E-state index in [1.54, 1.807) is 12.1 Å². The molecule has 148 valence electrons. The molecule has 2 saturated carbocycles. The van der Waals surface area contributed by atoms with E-state index in [1.807, 2.05) is 12.1 Å². The Hall–Kier alpha value is -2.43. The van der Waals surface area contributed by atoms with Crippen LogP contribution in [0.1, 0.15) is 63.4 Å². The summed E-state index contributed by atoms with van der Waals surface area (Å²) < 4.78 is 0. The fourth-order valence-corrected chi connectivity index (χ4v) is 5.39. The van der Waals surface area contributed by atoms with Crippen LogP contribution in [0.3, 0.4) is 0 Å². The van der Waals surface area contributed by atoms with Gasteiger partial charge in [0.05, 0.1) is 11.8 Å². The van der Waals surface area contributed by atoms with Gasteiger partial charge in [-0.2, -0.15) is 5.01 Å². The topological polar surface area (TPSA) is 66.5 Å². The molecule has 3 aliphatic rings. The van der Waals surface area contributed by atoms with Gasteiger partial charge in [-0.3, -0.25) is 19.8 Å². The molecule has 4 atom stereocenters. The molecule has 1 N–H and O–H groups in total. The third kappa shape index (κ3) is 2.71. The van der Waals surface area contributed by atoms with E-state index in [0.717, 1.165) is 23.4 Å². The van der Waals surface area contributed by atoms with Crippen molar-refractivity contribution in [3.05, 3.63) is 46.5 Å². The smallest absolute Gasteiger partial charge is 0.270 e. The van der Waals surface area contributed by atoms with E-state index in [2.05, 4.69) is 40.0 Å². The molecule has 3 amide bonds. The van der Waals surface area contributed by atoms with Crippen LogP contribution in [0.15, 0.2) is 35.4 Å². The molecule has 1 saturated heterocycles. The van der Waals surface area contributed by atoms with Crippen molar-refractivity contribution in [2.75, 3.05) is 0 Å². The van der Waals surface area contributed by atoms with Crippen LogP contribution in [-0.2, 0) is 15.0 Å². The molecule has 0 radical (unpaired) electrons. The predicted molar refractivity (Wildman–Crippen MR) is 106 cm³/mol. The SMILES string of the molecule is CC(C)=C1[C@@H]2CC[C@@H]1[C@H]1C(=O)N(NC(=O)c3ccc(C(C)(C)C)cc3)C(=O)[C@@H]12. The minimum absolute atomic E-state index is 0.00472. The lowest BCUT2D eigenvalue weighted by Gasteiger charge is -2.21. The number of carbonyl (C=O) groups excluding carboxylic acids is 3. The Morgan fingerprint density at radius 1 is 0.964 bits per heavy atom. The van der Waals surface area contributed by atoms with Crippen LogP contribution in [0.5, 0.6) is 0 Å². The van der Waals surface area contributed by atoms with Crippen LogP contribution >= 0.6 is 0 Å². The van der Waals surface area contributed by atoms with Crippen molar-refractivity contribution in [2.24, 2.45) is 23.7 Å². The van der Waals surface area contributed by atoms with Gasteiger partial charge >= 0.3 is 0 Å². The maximum Gasteiger partial charge on any atom is 0.270 e. The molecule has 0 spiro atoms. The van der Waals surface area contributed by atoms with Crippen molar-refractivity contribution >= 4 is 17.7 Å². The van der Waals surface area contributed by atoms with Crippen molar-refractivity contribution in [1.29, 1.82) is 0 Å². The number of fused-ring (bicyclic) bond motifs is 5. The van der Waals surface area contributed by atoms with E-state index in [1.165, 1.54) is 11.1 Å². The summed E-state index contributed by atoms with van der Waals surface area (Å²) in [7, 11) is 0. The lowest BCUT2D eigenvalue weighted by Crippen LogP contribution is -2.47. The Labute approximate surface area is 166 Å². The van der Waals surface area contributed by atoms with E-state index < -0.39 is 5.91 Å². The third-order valence-corrected chi connectivity index (χ3v) is 6.66. The first-order valence-corrected chi connectivity index (χ1v) is 10.1. The maximum absolute atomic E-state index is 13.0. The Kier molecular flexibility index (Phi) is 4.25. The number of amides is 3. The summed E-state index contributed by atoms with van der Waals surface area (Å²) in [5, 5.41) is 0.989. The van der Waals surface area contributed by atoms with Gasteiger partial charge in [0, 0.05) is 5.56 Å². The van der Waals surface area contributed by atoms with Gasteiger partial charge in [-0.05, 0) is 61.6 Å².